The lowest BCUT2D eigenvalue weighted by molar-refractivity contribution is -0.118. The molecule has 0 saturated carbocycles. The Balaban J connectivity index is 1.92. The molecule has 0 bridgehead atoms. The third-order valence-corrected chi connectivity index (χ3v) is 6.55. The number of carbonyl (C=O) groups is 1. The van der Waals surface area contributed by atoms with Gasteiger partial charge in [0.2, 0.25) is 0 Å². The molecule has 1 aliphatic heterocycles. The molecule has 2 aromatic rings. The second-order valence-corrected chi connectivity index (χ2v) is 10.1. The number of nitrogens with one attached hydrogen (secondary N) is 2. The standard InChI is InChI=1S/C22H22Br2N2O2/c1-11-4-5-15-16(6-11)26-20(12-7-13(23)21(28)14(24)8-12)19-17(25-15)9-22(2,3)10-18(19)27/h4-8,20,25-26,28H,9-10H2,1-3H3/t20-/m0/s1. The number of allylic oxidation sites excluding steroid dienone is 1. The van der Waals surface area contributed by atoms with Gasteiger partial charge >= 0.3 is 0 Å². The van der Waals surface area contributed by atoms with Crippen molar-refractivity contribution in [3.63, 3.8) is 0 Å². The molecule has 0 aromatic heterocycles. The third-order valence-electron chi connectivity index (χ3n) is 5.34. The molecule has 146 valence electrons. The first-order chi connectivity index (χ1) is 13.1. The molecule has 3 N–H and O–H groups in total. The van der Waals surface area contributed by atoms with Crippen LogP contribution >= 0.6 is 31.9 Å². The molecule has 1 aliphatic carbocycles. The van der Waals surface area contributed by atoms with Crippen LogP contribution in [0, 0.1) is 12.3 Å². The smallest absolute Gasteiger partial charge is 0.163 e. The first-order valence-electron chi connectivity index (χ1n) is 9.23. The number of carbonyl (C=O) groups excluding carboxylic acids is 1. The van der Waals surface area contributed by atoms with Crippen molar-refractivity contribution in [2.45, 2.75) is 39.7 Å². The van der Waals surface area contributed by atoms with Crippen molar-refractivity contribution in [1.29, 1.82) is 0 Å². The van der Waals surface area contributed by atoms with E-state index in [1.165, 1.54) is 0 Å². The minimum absolute atomic E-state index is 0.0845. The minimum Gasteiger partial charge on any atom is -0.506 e. The Hall–Kier alpha value is -1.79. The van der Waals surface area contributed by atoms with E-state index in [4.69, 9.17) is 0 Å². The molecule has 1 atom stereocenters. The van der Waals surface area contributed by atoms with Gasteiger partial charge in [0.05, 0.1) is 26.4 Å². The number of phenolic OH excluding ortho intramolecular Hbond substituents is 1. The second-order valence-electron chi connectivity index (χ2n) is 8.42. The van der Waals surface area contributed by atoms with Crippen LogP contribution in [0.4, 0.5) is 11.4 Å². The summed E-state index contributed by atoms with van der Waals surface area (Å²) in [6, 6.07) is 9.65. The predicted octanol–water partition coefficient (Wildman–Crippen LogP) is 6.45. The molecule has 0 saturated heterocycles. The van der Waals surface area contributed by atoms with E-state index in [1.807, 2.05) is 12.1 Å². The maximum atomic E-state index is 13.2. The number of rotatable bonds is 1. The van der Waals surface area contributed by atoms with E-state index >= 15 is 0 Å². The van der Waals surface area contributed by atoms with Crippen molar-refractivity contribution < 1.29 is 9.90 Å². The van der Waals surface area contributed by atoms with E-state index in [0.29, 0.717) is 15.4 Å². The van der Waals surface area contributed by atoms with Crippen LogP contribution in [0.2, 0.25) is 0 Å². The number of halogens is 2. The topological polar surface area (TPSA) is 61.4 Å². The highest BCUT2D eigenvalue weighted by atomic mass is 79.9. The summed E-state index contributed by atoms with van der Waals surface area (Å²) in [4.78, 5) is 13.2. The lowest BCUT2D eigenvalue weighted by atomic mass is 9.73. The molecule has 4 rings (SSSR count). The van der Waals surface area contributed by atoms with Gasteiger partial charge in [-0.05, 0) is 86.0 Å². The molecule has 0 radical (unpaired) electrons. The lowest BCUT2D eigenvalue weighted by Crippen LogP contribution is -2.31. The average Bonchev–Trinajstić information content (AvgIpc) is 2.74. The molecule has 1 heterocycles. The number of phenols is 1. The van der Waals surface area contributed by atoms with Gasteiger partial charge in [0.15, 0.2) is 5.78 Å². The summed E-state index contributed by atoms with van der Waals surface area (Å²) in [7, 11) is 0. The van der Waals surface area contributed by atoms with Crippen LogP contribution in [0.5, 0.6) is 5.75 Å². The van der Waals surface area contributed by atoms with Crippen LogP contribution < -0.4 is 10.6 Å². The highest BCUT2D eigenvalue weighted by molar-refractivity contribution is 9.11. The zero-order chi connectivity index (χ0) is 20.2. The third kappa shape index (κ3) is 3.48. The number of hydrogen-bond acceptors (Lipinski definition) is 4. The molecule has 0 unspecified atom stereocenters. The molecule has 0 fully saturated rings. The Kier molecular flexibility index (Phi) is 4.82. The number of Topliss-reactive ketones (excluding diaryl/α,β-unsaturated/α-hetero) is 1. The monoisotopic (exact) mass is 504 g/mol. The fourth-order valence-corrected chi connectivity index (χ4v) is 5.28. The van der Waals surface area contributed by atoms with Crippen molar-refractivity contribution in [3.8, 4) is 5.75 Å². The quantitative estimate of drug-likeness (QED) is 0.417. The van der Waals surface area contributed by atoms with Gasteiger partial charge in [-0.1, -0.05) is 19.9 Å². The van der Waals surface area contributed by atoms with Crippen LogP contribution in [0.1, 0.15) is 43.9 Å². The van der Waals surface area contributed by atoms with E-state index in [9.17, 15) is 9.90 Å². The number of fused-ring (bicyclic) bond motifs is 1. The highest BCUT2D eigenvalue weighted by Crippen LogP contribution is 2.47. The van der Waals surface area contributed by atoms with Crippen molar-refractivity contribution >= 4 is 49.0 Å². The van der Waals surface area contributed by atoms with Gasteiger partial charge in [-0.3, -0.25) is 4.79 Å². The fourth-order valence-electron chi connectivity index (χ4n) is 4.06. The van der Waals surface area contributed by atoms with Crippen LogP contribution in [-0.2, 0) is 4.79 Å². The Morgan fingerprint density at radius 1 is 1.07 bits per heavy atom. The molecular weight excluding hydrogens is 484 g/mol. The van der Waals surface area contributed by atoms with Gasteiger partial charge in [0, 0.05) is 17.7 Å². The fraction of sp³-hybridized carbons (Fsp3) is 0.318. The van der Waals surface area contributed by atoms with Crippen LogP contribution in [-0.4, -0.2) is 10.9 Å². The Bertz CT molecular complexity index is 1000. The summed E-state index contributed by atoms with van der Waals surface area (Å²) in [6.45, 7) is 6.32. The molecule has 2 aromatic carbocycles. The predicted molar refractivity (Wildman–Crippen MR) is 120 cm³/mol. The summed E-state index contributed by atoms with van der Waals surface area (Å²) in [5.74, 6) is 0.304. The summed E-state index contributed by atoms with van der Waals surface area (Å²) < 4.78 is 1.18. The first kappa shape index (κ1) is 19.5. The van der Waals surface area contributed by atoms with E-state index in [-0.39, 0.29) is 23.0 Å². The van der Waals surface area contributed by atoms with Gasteiger partial charge in [0.1, 0.15) is 5.75 Å². The number of ketones is 1. The Morgan fingerprint density at radius 2 is 1.75 bits per heavy atom. The van der Waals surface area contributed by atoms with Crippen molar-refractivity contribution in [2.24, 2.45) is 5.41 Å². The van der Waals surface area contributed by atoms with E-state index < -0.39 is 0 Å². The number of hydrogen-bond donors (Lipinski definition) is 3. The summed E-state index contributed by atoms with van der Waals surface area (Å²) in [6.07, 6.45) is 1.32. The highest BCUT2D eigenvalue weighted by Gasteiger charge is 2.39. The van der Waals surface area contributed by atoms with E-state index in [0.717, 1.165) is 40.2 Å². The summed E-state index contributed by atoms with van der Waals surface area (Å²) in [5.41, 5.74) is 5.66. The number of aromatic hydroxyl groups is 1. The molecule has 4 nitrogen and oxygen atoms in total. The summed E-state index contributed by atoms with van der Waals surface area (Å²) in [5, 5.41) is 17.2. The van der Waals surface area contributed by atoms with Gasteiger partial charge < -0.3 is 15.7 Å². The van der Waals surface area contributed by atoms with Gasteiger partial charge in [-0.2, -0.15) is 0 Å². The van der Waals surface area contributed by atoms with Gasteiger partial charge in [-0.15, -0.1) is 0 Å². The van der Waals surface area contributed by atoms with Crippen molar-refractivity contribution in [3.05, 3.63) is 61.7 Å². The summed E-state index contributed by atoms with van der Waals surface area (Å²) >= 11 is 6.85. The maximum Gasteiger partial charge on any atom is 0.163 e. The van der Waals surface area contributed by atoms with E-state index in [2.05, 4.69) is 81.5 Å². The Labute approximate surface area is 181 Å². The molecule has 0 spiro atoms. The lowest BCUT2D eigenvalue weighted by Gasteiger charge is -2.34. The minimum atomic E-state index is -0.303. The molecular formula is C22H22Br2N2O2. The largest absolute Gasteiger partial charge is 0.506 e. The van der Waals surface area contributed by atoms with Crippen LogP contribution in [0.25, 0.3) is 0 Å². The zero-order valence-electron chi connectivity index (χ0n) is 16.0. The van der Waals surface area contributed by atoms with Crippen LogP contribution in [0.3, 0.4) is 0 Å². The average molecular weight is 506 g/mol. The van der Waals surface area contributed by atoms with E-state index in [1.54, 1.807) is 0 Å². The maximum absolute atomic E-state index is 13.2. The molecule has 0 amide bonds. The normalized spacial score (nSPS) is 20.6. The molecule has 28 heavy (non-hydrogen) atoms. The van der Waals surface area contributed by atoms with Crippen LogP contribution in [0.15, 0.2) is 50.5 Å². The second kappa shape index (κ2) is 6.92. The first-order valence-corrected chi connectivity index (χ1v) is 10.8. The SMILES string of the molecule is Cc1ccc2c(c1)N[C@@H](c1cc(Br)c(O)c(Br)c1)C1=C(CC(C)(C)CC1=O)N2. The number of benzene rings is 2. The molecule has 2 aliphatic rings. The number of aryl methyl sites for hydroxylation is 1. The Morgan fingerprint density at radius 3 is 2.43 bits per heavy atom. The van der Waals surface area contributed by atoms with Gasteiger partial charge in [-0.25, -0.2) is 0 Å². The van der Waals surface area contributed by atoms with Crippen molar-refractivity contribution in [1.82, 2.24) is 0 Å². The molecule has 6 heteroatoms. The van der Waals surface area contributed by atoms with Gasteiger partial charge in [0.25, 0.3) is 0 Å². The van der Waals surface area contributed by atoms with Crippen molar-refractivity contribution in [2.75, 3.05) is 10.6 Å². The zero-order valence-corrected chi connectivity index (χ0v) is 19.2. The number of anilines is 2.